The summed E-state index contributed by atoms with van der Waals surface area (Å²) in [5, 5.41) is 11.8. The zero-order valence-electron chi connectivity index (χ0n) is 13.3. The minimum absolute atomic E-state index is 0.0759. The van der Waals surface area contributed by atoms with Crippen LogP contribution < -0.4 is 10.1 Å². The zero-order valence-corrected chi connectivity index (χ0v) is 13.3. The molecule has 1 aromatic carbocycles. The fourth-order valence-corrected chi connectivity index (χ4v) is 1.59. The van der Waals surface area contributed by atoms with Crippen LogP contribution >= 0.6 is 0 Å². The molecule has 0 aliphatic rings. The summed E-state index contributed by atoms with van der Waals surface area (Å²) >= 11 is 0. The minimum Gasteiger partial charge on any atom is -0.494 e. The van der Waals surface area contributed by atoms with Gasteiger partial charge in [-0.3, -0.25) is 0 Å². The Hall–Kier alpha value is -2.48. The maximum Gasteiger partial charge on any atom is 0.350 e. The Bertz CT molecular complexity index is 559. The van der Waals surface area contributed by atoms with Gasteiger partial charge in [-0.05, 0) is 31.4 Å². The van der Waals surface area contributed by atoms with Gasteiger partial charge in [0.1, 0.15) is 11.8 Å². The standard InChI is InChI=1S/C17H22N2O3/c1-4-21-17(20)14(11-18)12-19-15-6-5-7-16(10-15)22-9-8-13(2)3/h5-7,10,12-13,19H,4,8-9H2,1-3H3/b14-12-. The molecule has 0 saturated heterocycles. The highest BCUT2D eigenvalue weighted by atomic mass is 16.5. The third-order valence-electron chi connectivity index (χ3n) is 2.80. The monoisotopic (exact) mass is 302 g/mol. The largest absolute Gasteiger partial charge is 0.494 e. The van der Waals surface area contributed by atoms with Crippen LogP contribution in [0.5, 0.6) is 5.75 Å². The van der Waals surface area contributed by atoms with Gasteiger partial charge in [0, 0.05) is 18.0 Å². The smallest absolute Gasteiger partial charge is 0.350 e. The molecule has 0 aliphatic heterocycles. The molecular formula is C17H22N2O3. The van der Waals surface area contributed by atoms with Crippen LogP contribution in [0.1, 0.15) is 27.2 Å². The van der Waals surface area contributed by atoms with E-state index in [1.165, 1.54) is 6.20 Å². The van der Waals surface area contributed by atoms with Crippen LogP contribution in [0.4, 0.5) is 5.69 Å². The molecule has 0 aliphatic carbocycles. The second kappa shape index (κ2) is 9.46. The molecule has 0 radical (unpaired) electrons. The van der Waals surface area contributed by atoms with E-state index in [1.807, 2.05) is 30.3 Å². The average Bonchev–Trinajstić information content (AvgIpc) is 2.48. The second-order valence-corrected chi connectivity index (χ2v) is 5.09. The quantitative estimate of drug-likeness (QED) is 0.452. The molecule has 5 heteroatoms. The molecule has 0 saturated carbocycles. The molecular weight excluding hydrogens is 280 g/mol. The van der Waals surface area contributed by atoms with Crippen molar-refractivity contribution in [2.45, 2.75) is 27.2 Å². The Labute approximate surface area is 131 Å². The topological polar surface area (TPSA) is 71.4 Å². The molecule has 0 atom stereocenters. The Morgan fingerprint density at radius 1 is 1.45 bits per heavy atom. The number of benzene rings is 1. The van der Waals surface area contributed by atoms with E-state index < -0.39 is 5.97 Å². The van der Waals surface area contributed by atoms with Gasteiger partial charge in [0.15, 0.2) is 5.57 Å². The van der Waals surface area contributed by atoms with Crippen molar-refractivity contribution in [3.8, 4) is 11.8 Å². The van der Waals surface area contributed by atoms with Crippen LogP contribution in [0.25, 0.3) is 0 Å². The summed E-state index contributed by atoms with van der Waals surface area (Å²) in [6, 6.07) is 9.16. The van der Waals surface area contributed by atoms with E-state index in [1.54, 1.807) is 6.92 Å². The third-order valence-corrected chi connectivity index (χ3v) is 2.80. The van der Waals surface area contributed by atoms with Crippen LogP contribution in [0.2, 0.25) is 0 Å². The number of hydrogen-bond donors (Lipinski definition) is 1. The number of carbonyl (C=O) groups is 1. The van der Waals surface area contributed by atoms with Gasteiger partial charge in [0.05, 0.1) is 13.2 Å². The van der Waals surface area contributed by atoms with E-state index in [0.717, 1.165) is 17.9 Å². The fourth-order valence-electron chi connectivity index (χ4n) is 1.59. The first kappa shape index (κ1) is 17.6. The summed E-state index contributed by atoms with van der Waals surface area (Å²) < 4.78 is 10.4. The molecule has 1 rings (SSSR count). The first-order valence-corrected chi connectivity index (χ1v) is 7.33. The molecule has 1 aromatic rings. The first-order valence-electron chi connectivity index (χ1n) is 7.33. The summed E-state index contributed by atoms with van der Waals surface area (Å²) in [7, 11) is 0. The van der Waals surface area contributed by atoms with E-state index in [-0.39, 0.29) is 12.2 Å². The van der Waals surface area contributed by atoms with Gasteiger partial charge in [0.2, 0.25) is 0 Å². The molecule has 0 unspecified atom stereocenters. The Morgan fingerprint density at radius 3 is 2.86 bits per heavy atom. The van der Waals surface area contributed by atoms with E-state index in [4.69, 9.17) is 14.7 Å². The van der Waals surface area contributed by atoms with Crippen molar-refractivity contribution in [2.75, 3.05) is 18.5 Å². The zero-order chi connectivity index (χ0) is 16.4. The summed E-state index contributed by atoms with van der Waals surface area (Å²) in [6.07, 6.45) is 2.32. The van der Waals surface area contributed by atoms with Gasteiger partial charge < -0.3 is 14.8 Å². The molecule has 5 nitrogen and oxygen atoms in total. The lowest BCUT2D eigenvalue weighted by molar-refractivity contribution is -0.138. The number of esters is 1. The molecule has 0 spiro atoms. The van der Waals surface area contributed by atoms with Crippen LogP contribution in [0.3, 0.4) is 0 Å². The maximum atomic E-state index is 11.5. The lowest BCUT2D eigenvalue weighted by Crippen LogP contribution is -2.08. The number of carbonyl (C=O) groups excluding carboxylic acids is 1. The van der Waals surface area contributed by atoms with Crippen molar-refractivity contribution < 1.29 is 14.3 Å². The summed E-state index contributed by atoms with van der Waals surface area (Å²) in [5.74, 6) is 0.697. The van der Waals surface area contributed by atoms with Crippen molar-refractivity contribution >= 4 is 11.7 Å². The Morgan fingerprint density at radius 2 is 2.23 bits per heavy atom. The maximum absolute atomic E-state index is 11.5. The van der Waals surface area contributed by atoms with E-state index in [9.17, 15) is 4.79 Å². The van der Waals surface area contributed by atoms with E-state index >= 15 is 0 Å². The molecule has 22 heavy (non-hydrogen) atoms. The number of nitriles is 1. The predicted molar refractivity (Wildman–Crippen MR) is 85.3 cm³/mol. The number of anilines is 1. The van der Waals surface area contributed by atoms with Gasteiger partial charge in [-0.15, -0.1) is 0 Å². The van der Waals surface area contributed by atoms with Crippen LogP contribution in [0.15, 0.2) is 36.0 Å². The van der Waals surface area contributed by atoms with Crippen molar-refractivity contribution in [3.63, 3.8) is 0 Å². The van der Waals surface area contributed by atoms with Crippen LogP contribution in [-0.4, -0.2) is 19.2 Å². The van der Waals surface area contributed by atoms with Gasteiger partial charge >= 0.3 is 5.97 Å². The highest BCUT2D eigenvalue weighted by Gasteiger charge is 2.09. The van der Waals surface area contributed by atoms with E-state index in [0.29, 0.717) is 12.5 Å². The molecule has 0 heterocycles. The SMILES string of the molecule is CCOC(=O)/C(C#N)=C\Nc1cccc(OCCC(C)C)c1. The number of nitrogens with one attached hydrogen (secondary N) is 1. The van der Waals surface area contributed by atoms with Crippen molar-refractivity contribution in [1.82, 2.24) is 0 Å². The highest BCUT2D eigenvalue weighted by Crippen LogP contribution is 2.18. The predicted octanol–water partition coefficient (Wildman–Crippen LogP) is 3.49. The molecule has 0 fully saturated rings. The summed E-state index contributed by atoms with van der Waals surface area (Å²) in [4.78, 5) is 11.5. The molecule has 0 amide bonds. The van der Waals surface area contributed by atoms with Gasteiger partial charge in [-0.25, -0.2) is 4.79 Å². The number of ether oxygens (including phenoxy) is 2. The number of nitrogens with zero attached hydrogens (tertiary/aromatic N) is 1. The Kier molecular flexibility index (Phi) is 7.55. The van der Waals surface area contributed by atoms with Gasteiger partial charge in [-0.1, -0.05) is 19.9 Å². The number of hydrogen-bond acceptors (Lipinski definition) is 5. The van der Waals surface area contributed by atoms with Crippen LogP contribution in [0, 0.1) is 17.2 Å². The normalized spacial score (nSPS) is 11.0. The van der Waals surface area contributed by atoms with Gasteiger partial charge in [-0.2, -0.15) is 5.26 Å². The molecule has 0 aromatic heterocycles. The molecule has 118 valence electrons. The fraction of sp³-hybridized carbons (Fsp3) is 0.412. The first-order chi connectivity index (χ1) is 10.6. The summed E-state index contributed by atoms with van der Waals surface area (Å²) in [6.45, 7) is 6.87. The van der Waals surface area contributed by atoms with Crippen molar-refractivity contribution in [1.29, 1.82) is 5.26 Å². The van der Waals surface area contributed by atoms with Crippen molar-refractivity contribution in [2.24, 2.45) is 5.92 Å². The second-order valence-electron chi connectivity index (χ2n) is 5.09. The lowest BCUT2D eigenvalue weighted by Gasteiger charge is -2.09. The van der Waals surface area contributed by atoms with E-state index in [2.05, 4.69) is 19.2 Å². The van der Waals surface area contributed by atoms with Crippen molar-refractivity contribution in [3.05, 3.63) is 36.0 Å². The minimum atomic E-state index is -0.637. The highest BCUT2D eigenvalue weighted by molar-refractivity contribution is 5.93. The van der Waals surface area contributed by atoms with Crippen LogP contribution in [-0.2, 0) is 9.53 Å². The molecule has 0 bridgehead atoms. The molecule has 1 N–H and O–H groups in total. The summed E-state index contributed by atoms with van der Waals surface area (Å²) in [5.41, 5.74) is 0.659. The average molecular weight is 302 g/mol. The third kappa shape index (κ3) is 6.31. The lowest BCUT2D eigenvalue weighted by atomic mass is 10.1. The Balaban J connectivity index is 2.65. The number of rotatable bonds is 8. The van der Waals surface area contributed by atoms with Gasteiger partial charge in [0.25, 0.3) is 0 Å².